The van der Waals surface area contributed by atoms with Crippen molar-refractivity contribution in [1.82, 2.24) is 25.2 Å². The highest BCUT2D eigenvalue weighted by molar-refractivity contribution is 7.91. The molecule has 1 aromatic carbocycles. The molecular weight excluding hydrogens is 800 g/mol. The third-order valence-electron chi connectivity index (χ3n) is 11.3. The molecule has 4 amide bonds. The number of allylic oxidation sites excluding steroid dienone is 1. The number of nitrogens with zero attached hydrogens (tertiary/aromatic N) is 2. The third-order valence-corrected chi connectivity index (χ3v) is 13.8. The number of halogens is 3. The standard InChI is InChI=1S/C40H52ClF2N5O9S/c1-22-10-7-8-11-24-19-40(24,36(51)47-58(53,54)39(6)14-15-39)46-33(49)29-17-25(20-48(29)35(50)32(23(2)16-22)45-37(52)57-38(3,4)5)56-34-26-12-9-13-28(41)27(26)18-31(44-34)55-21-30(42)43/h8-9,11-13,18,22-25,29-30,32H,7,10,14-17,19-21H2,1-6H3,(H,45,52)(H,46,49)(H,47,51)/b11-8-/t22-,23-,24-,25-,29+,32+,40-/m1/s1. The van der Waals surface area contributed by atoms with Crippen molar-refractivity contribution in [2.75, 3.05) is 13.2 Å². The lowest BCUT2D eigenvalue weighted by atomic mass is 9.88. The van der Waals surface area contributed by atoms with Gasteiger partial charge >= 0.3 is 6.09 Å². The Labute approximate surface area is 342 Å². The van der Waals surface area contributed by atoms with Crippen LogP contribution >= 0.6 is 11.6 Å². The highest BCUT2D eigenvalue weighted by atomic mass is 35.5. The Bertz CT molecular complexity index is 2080. The lowest BCUT2D eigenvalue weighted by Crippen LogP contribution is -2.59. The van der Waals surface area contributed by atoms with E-state index in [2.05, 4.69) is 20.3 Å². The number of rotatable bonds is 9. The molecule has 2 aliphatic carbocycles. The van der Waals surface area contributed by atoms with Gasteiger partial charge in [-0.25, -0.2) is 22.0 Å². The van der Waals surface area contributed by atoms with Crippen molar-refractivity contribution in [1.29, 1.82) is 0 Å². The zero-order valence-corrected chi connectivity index (χ0v) is 35.1. The molecule has 0 bridgehead atoms. The number of hydrogen-bond donors (Lipinski definition) is 3. The van der Waals surface area contributed by atoms with Crippen LogP contribution in [0.3, 0.4) is 0 Å². The number of hydrogen-bond acceptors (Lipinski definition) is 10. The summed E-state index contributed by atoms with van der Waals surface area (Å²) in [5, 5.41) is 6.68. The van der Waals surface area contributed by atoms with Gasteiger partial charge in [-0.05, 0) is 90.2 Å². The second-order valence-electron chi connectivity index (χ2n) is 17.4. The van der Waals surface area contributed by atoms with Gasteiger partial charge in [0.1, 0.15) is 29.3 Å². The summed E-state index contributed by atoms with van der Waals surface area (Å²) < 4.78 is 71.0. The number of carbonyl (C=O) groups excluding carboxylic acids is 4. The first-order chi connectivity index (χ1) is 27.1. The smallest absolute Gasteiger partial charge is 0.408 e. The topological polar surface area (TPSA) is 182 Å². The molecule has 0 radical (unpaired) electrons. The summed E-state index contributed by atoms with van der Waals surface area (Å²) in [6, 6.07) is 3.91. The molecule has 2 aliphatic heterocycles. The van der Waals surface area contributed by atoms with E-state index in [0.717, 1.165) is 0 Å². The van der Waals surface area contributed by atoms with Crippen LogP contribution in [0.15, 0.2) is 36.4 Å². The number of nitrogens with one attached hydrogen (secondary N) is 3. The van der Waals surface area contributed by atoms with E-state index < -0.39 is 92.8 Å². The molecule has 1 aromatic heterocycles. The van der Waals surface area contributed by atoms with Gasteiger partial charge in [-0.1, -0.05) is 43.7 Å². The number of benzene rings is 1. The summed E-state index contributed by atoms with van der Waals surface area (Å²) in [6.45, 7) is 9.38. The highest BCUT2D eigenvalue weighted by Crippen LogP contribution is 2.48. The van der Waals surface area contributed by atoms with Gasteiger partial charge in [0.15, 0.2) is 6.61 Å². The number of pyridine rings is 1. The van der Waals surface area contributed by atoms with E-state index in [1.54, 1.807) is 45.9 Å². The molecule has 3 heterocycles. The minimum atomic E-state index is -4.06. The molecule has 3 fully saturated rings. The van der Waals surface area contributed by atoms with Gasteiger partial charge in [-0.3, -0.25) is 19.1 Å². The number of sulfonamides is 1. The minimum absolute atomic E-state index is 0.0440. The zero-order chi connectivity index (χ0) is 42.4. The van der Waals surface area contributed by atoms with Gasteiger partial charge in [0, 0.05) is 34.2 Å². The molecule has 18 heteroatoms. The van der Waals surface area contributed by atoms with Crippen molar-refractivity contribution in [2.45, 2.75) is 127 Å². The van der Waals surface area contributed by atoms with E-state index in [9.17, 15) is 36.4 Å². The first kappa shape index (κ1) is 43.3. The number of amides is 4. The molecule has 2 aromatic rings. The van der Waals surface area contributed by atoms with Gasteiger partial charge in [0.05, 0.1) is 11.3 Å². The molecular formula is C40H52ClF2N5O9S. The van der Waals surface area contributed by atoms with Crippen LogP contribution in [-0.4, -0.2) is 95.8 Å². The largest absolute Gasteiger partial charge is 0.472 e. The predicted octanol–water partition coefficient (Wildman–Crippen LogP) is 5.66. The van der Waals surface area contributed by atoms with Crippen LogP contribution in [0.5, 0.6) is 11.8 Å². The fourth-order valence-electron chi connectivity index (χ4n) is 7.69. The maximum atomic E-state index is 14.8. The third kappa shape index (κ3) is 9.61. The van der Waals surface area contributed by atoms with Crippen molar-refractivity contribution < 1.29 is 50.6 Å². The summed E-state index contributed by atoms with van der Waals surface area (Å²) in [4.78, 5) is 62.2. The van der Waals surface area contributed by atoms with E-state index in [0.29, 0.717) is 42.9 Å². The van der Waals surface area contributed by atoms with E-state index in [1.807, 2.05) is 26.0 Å². The Morgan fingerprint density at radius 2 is 1.86 bits per heavy atom. The van der Waals surface area contributed by atoms with Crippen molar-refractivity contribution in [3.8, 4) is 11.8 Å². The van der Waals surface area contributed by atoms with E-state index in [-0.39, 0.29) is 42.1 Å². The summed E-state index contributed by atoms with van der Waals surface area (Å²) >= 11 is 6.48. The van der Waals surface area contributed by atoms with Crippen LogP contribution in [-0.2, 0) is 29.1 Å². The number of fused-ring (bicyclic) bond motifs is 3. The summed E-state index contributed by atoms with van der Waals surface area (Å²) in [6.07, 6.45) is 1.87. The highest BCUT2D eigenvalue weighted by Gasteiger charge is 2.63. The van der Waals surface area contributed by atoms with Crippen LogP contribution in [0.1, 0.15) is 86.5 Å². The minimum Gasteiger partial charge on any atom is -0.472 e. The fourth-order valence-corrected chi connectivity index (χ4v) is 9.23. The molecule has 7 atom stereocenters. The Balaban J connectivity index is 1.37. The van der Waals surface area contributed by atoms with Crippen molar-refractivity contribution in [2.24, 2.45) is 17.8 Å². The molecule has 14 nitrogen and oxygen atoms in total. The molecule has 4 aliphatic rings. The number of aromatic nitrogens is 1. The maximum absolute atomic E-state index is 14.8. The SMILES string of the molecule is C[C@@H]1CC/C=C\[C@@H]2C[C@@]2(C(=O)NS(=O)(=O)C2(C)CC2)NC(=O)[C@@H]2C[C@@H](Oc3nc(OCC(F)F)cc4c(Cl)cccc34)CN2C(=O)[C@@H](NC(=O)OC(C)(C)C)[C@H](C)C1. The Morgan fingerprint density at radius 3 is 2.53 bits per heavy atom. The molecule has 2 saturated carbocycles. The predicted molar refractivity (Wildman–Crippen MR) is 211 cm³/mol. The number of alkyl halides is 2. The van der Waals surface area contributed by atoms with Crippen LogP contribution in [0, 0.1) is 17.8 Å². The average Bonchev–Trinajstić information content (AvgIpc) is 4.00. The van der Waals surface area contributed by atoms with E-state index >= 15 is 0 Å². The molecule has 0 unspecified atom stereocenters. The second kappa shape index (κ2) is 16.4. The Hall–Kier alpha value is -4.25. The number of alkyl carbamates (subject to hydrolysis) is 1. The second-order valence-corrected chi connectivity index (χ2v) is 20.0. The van der Waals surface area contributed by atoms with Crippen LogP contribution in [0.25, 0.3) is 10.8 Å². The van der Waals surface area contributed by atoms with Crippen molar-refractivity contribution >= 4 is 56.2 Å². The van der Waals surface area contributed by atoms with Gasteiger partial charge in [-0.2, -0.15) is 4.98 Å². The van der Waals surface area contributed by atoms with Gasteiger partial charge in [0.2, 0.25) is 33.6 Å². The first-order valence-electron chi connectivity index (χ1n) is 19.6. The molecule has 6 rings (SSSR count). The number of ether oxygens (including phenoxy) is 3. The molecule has 58 heavy (non-hydrogen) atoms. The maximum Gasteiger partial charge on any atom is 0.408 e. The van der Waals surface area contributed by atoms with Crippen LogP contribution < -0.4 is 24.8 Å². The van der Waals surface area contributed by atoms with Crippen LogP contribution in [0.4, 0.5) is 13.6 Å². The van der Waals surface area contributed by atoms with Gasteiger partial charge < -0.3 is 29.7 Å². The summed E-state index contributed by atoms with van der Waals surface area (Å²) in [7, 11) is -4.06. The molecule has 318 valence electrons. The van der Waals surface area contributed by atoms with E-state index in [4.69, 9.17) is 25.8 Å². The summed E-state index contributed by atoms with van der Waals surface area (Å²) in [5.41, 5.74) is -2.49. The van der Waals surface area contributed by atoms with Crippen molar-refractivity contribution in [3.05, 3.63) is 41.4 Å². The lowest BCUT2D eigenvalue weighted by Gasteiger charge is -2.33. The Morgan fingerprint density at radius 1 is 1.14 bits per heavy atom. The fraction of sp³-hybridized carbons (Fsp3) is 0.625. The normalized spacial score (nSPS) is 29.2. The van der Waals surface area contributed by atoms with Gasteiger partial charge in [-0.15, -0.1) is 0 Å². The Kier molecular flexibility index (Phi) is 12.3. The number of carbonyl (C=O) groups is 4. The van der Waals surface area contributed by atoms with E-state index in [1.165, 1.54) is 11.0 Å². The molecule has 3 N–H and O–H groups in total. The quantitative estimate of drug-likeness (QED) is 0.267. The lowest BCUT2D eigenvalue weighted by molar-refractivity contribution is -0.142. The first-order valence-corrected chi connectivity index (χ1v) is 21.5. The molecule has 0 spiro atoms. The molecule has 1 saturated heterocycles. The van der Waals surface area contributed by atoms with Gasteiger partial charge in [0.25, 0.3) is 12.3 Å². The monoisotopic (exact) mass is 851 g/mol. The van der Waals surface area contributed by atoms with Crippen molar-refractivity contribution in [3.63, 3.8) is 0 Å². The summed E-state index contributed by atoms with van der Waals surface area (Å²) in [5.74, 6) is -3.28. The van der Waals surface area contributed by atoms with Crippen LogP contribution in [0.2, 0.25) is 5.02 Å². The zero-order valence-electron chi connectivity index (χ0n) is 33.5. The average molecular weight is 852 g/mol.